The third-order valence-electron chi connectivity index (χ3n) is 4.37. The molecule has 1 aromatic rings. The molecule has 0 saturated carbocycles. The van der Waals surface area contributed by atoms with Gasteiger partial charge in [-0.05, 0) is 38.9 Å². The van der Waals surface area contributed by atoms with E-state index in [1.54, 1.807) is 24.3 Å². The Morgan fingerprint density at radius 2 is 1.55 bits per heavy atom. The molecule has 2 amide bonds. The van der Waals surface area contributed by atoms with E-state index in [1.165, 1.54) is 4.90 Å². The fourth-order valence-corrected chi connectivity index (χ4v) is 3.52. The lowest BCUT2D eigenvalue weighted by molar-refractivity contribution is 0.0643. The maximum atomic E-state index is 12.3. The van der Waals surface area contributed by atoms with Gasteiger partial charge in [-0.15, -0.1) is 0 Å². The van der Waals surface area contributed by atoms with E-state index >= 15 is 0 Å². The van der Waals surface area contributed by atoms with Gasteiger partial charge in [-0.25, -0.2) is 0 Å². The summed E-state index contributed by atoms with van der Waals surface area (Å²) in [6, 6.07) is 8.05. The first-order chi connectivity index (χ1) is 10.6. The first kappa shape index (κ1) is 15.2. The molecule has 0 aromatic heterocycles. The number of benzene rings is 1. The zero-order valence-corrected chi connectivity index (χ0v) is 13.2. The van der Waals surface area contributed by atoms with Crippen LogP contribution in [0.1, 0.15) is 41.0 Å². The van der Waals surface area contributed by atoms with Crippen molar-refractivity contribution in [2.45, 2.75) is 32.4 Å². The van der Waals surface area contributed by atoms with Crippen molar-refractivity contribution in [1.29, 1.82) is 0 Å². The highest BCUT2D eigenvalue weighted by atomic mass is 16.2. The van der Waals surface area contributed by atoms with Gasteiger partial charge >= 0.3 is 0 Å². The van der Waals surface area contributed by atoms with Crippen LogP contribution in [0.15, 0.2) is 24.3 Å². The van der Waals surface area contributed by atoms with Crippen molar-refractivity contribution in [3.63, 3.8) is 0 Å². The van der Waals surface area contributed by atoms with Gasteiger partial charge < -0.3 is 10.2 Å². The molecule has 0 radical (unpaired) electrons. The van der Waals surface area contributed by atoms with E-state index in [4.69, 9.17) is 0 Å². The van der Waals surface area contributed by atoms with E-state index in [-0.39, 0.29) is 11.8 Å². The number of nitrogens with one attached hydrogen (secondary N) is 1. The Morgan fingerprint density at radius 1 is 1.00 bits per heavy atom. The lowest BCUT2D eigenvalue weighted by Gasteiger charge is -2.36. The topological polar surface area (TPSA) is 52.7 Å². The molecule has 0 bridgehead atoms. The van der Waals surface area contributed by atoms with Gasteiger partial charge in [0.15, 0.2) is 0 Å². The number of amides is 2. The summed E-state index contributed by atoms with van der Waals surface area (Å²) in [6.45, 7) is 7.83. The van der Waals surface area contributed by atoms with E-state index in [1.807, 2.05) is 0 Å². The van der Waals surface area contributed by atoms with Gasteiger partial charge in [-0.3, -0.25) is 14.5 Å². The molecule has 2 aliphatic heterocycles. The van der Waals surface area contributed by atoms with Crippen molar-refractivity contribution in [3.05, 3.63) is 35.4 Å². The molecule has 1 fully saturated rings. The van der Waals surface area contributed by atoms with Crippen molar-refractivity contribution in [2.24, 2.45) is 0 Å². The second kappa shape index (κ2) is 6.18. The number of rotatable bonds is 4. The fourth-order valence-electron chi connectivity index (χ4n) is 3.52. The molecule has 0 aliphatic carbocycles. The Morgan fingerprint density at radius 3 is 2.09 bits per heavy atom. The zero-order valence-electron chi connectivity index (χ0n) is 13.2. The van der Waals surface area contributed by atoms with Crippen LogP contribution in [-0.4, -0.2) is 59.9 Å². The van der Waals surface area contributed by atoms with Gasteiger partial charge in [0.2, 0.25) is 0 Å². The molecule has 2 heterocycles. The average molecular weight is 301 g/mol. The highest BCUT2D eigenvalue weighted by molar-refractivity contribution is 6.21. The normalized spacial score (nSPS) is 25.6. The van der Waals surface area contributed by atoms with Crippen molar-refractivity contribution in [1.82, 2.24) is 15.1 Å². The lowest BCUT2D eigenvalue weighted by Crippen LogP contribution is -2.54. The number of piperazine rings is 1. The average Bonchev–Trinajstić information content (AvgIpc) is 2.72. The highest BCUT2D eigenvalue weighted by Gasteiger charge is 2.34. The number of carbonyl (C=O) groups excluding carboxylic acids is 2. The molecule has 2 atom stereocenters. The predicted molar refractivity (Wildman–Crippen MR) is 84.9 cm³/mol. The molecule has 118 valence electrons. The Balaban J connectivity index is 1.55. The standard InChI is InChI=1S/C17H23N3O2/c1-12-10-19(11-13(2)18-12)8-5-9-20-16(21)14-6-3-4-7-15(14)17(20)22/h3-4,6-7,12-13,18H,5,8-11H2,1-2H3/t12-,13+. The van der Waals surface area contributed by atoms with Gasteiger partial charge in [0.05, 0.1) is 11.1 Å². The highest BCUT2D eigenvalue weighted by Crippen LogP contribution is 2.22. The summed E-state index contributed by atoms with van der Waals surface area (Å²) in [5, 5.41) is 3.51. The summed E-state index contributed by atoms with van der Waals surface area (Å²) in [6.07, 6.45) is 0.824. The van der Waals surface area contributed by atoms with Gasteiger partial charge in [0, 0.05) is 31.7 Å². The summed E-state index contributed by atoms with van der Waals surface area (Å²) in [5.74, 6) is -0.301. The lowest BCUT2D eigenvalue weighted by atomic mass is 10.1. The second-order valence-corrected chi connectivity index (χ2v) is 6.39. The smallest absolute Gasteiger partial charge is 0.261 e. The molecule has 1 aromatic carbocycles. The molecule has 22 heavy (non-hydrogen) atoms. The predicted octanol–water partition coefficient (Wildman–Crippen LogP) is 1.35. The second-order valence-electron chi connectivity index (χ2n) is 6.39. The number of imide groups is 1. The summed E-state index contributed by atoms with van der Waals surface area (Å²) in [4.78, 5) is 28.3. The van der Waals surface area contributed by atoms with Crippen molar-refractivity contribution < 1.29 is 9.59 Å². The van der Waals surface area contributed by atoms with Crippen molar-refractivity contribution in [3.8, 4) is 0 Å². The first-order valence-corrected chi connectivity index (χ1v) is 8.00. The van der Waals surface area contributed by atoms with Gasteiger partial charge in [0.1, 0.15) is 0 Å². The van der Waals surface area contributed by atoms with Crippen LogP contribution in [-0.2, 0) is 0 Å². The number of hydrogen-bond acceptors (Lipinski definition) is 4. The third-order valence-corrected chi connectivity index (χ3v) is 4.37. The summed E-state index contributed by atoms with van der Waals surface area (Å²) >= 11 is 0. The van der Waals surface area contributed by atoms with E-state index in [0.29, 0.717) is 29.8 Å². The van der Waals surface area contributed by atoms with Crippen LogP contribution in [0.4, 0.5) is 0 Å². The van der Waals surface area contributed by atoms with Crippen molar-refractivity contribution >= 4 is 11.8 Å². The minimum atomic E-state index is -0.150. The van der Waals surface area contributed by atoms with Gasteiger partial charge in [-0.1, -0.05) is 12.1 Å². The SMILES string of the molecule is C[C@@H]1CN(CCCN2C(=O)c3ccccc3C2=O)C[C@H](C)N1. The Kier molecular flexibility index (Phi) is 4.27. The summed E-state index contributed by atoms with van der Waals surface area (Å²) in [5.41, 5.74) is 1.08. The number of carbonyl (C=O) groups is 2. The van der Waals surface area contributed by atoms with Crippen LogP contribution in [0, 0.1) is 0 Å². The van der Waals surface area contributed by atoms with Crippen LogP contribution in [0.3, 0.4) is 0 Å². The molecule has 2 aliphatic rings. The van der Waals surface area contributed by atoms with E-state index < -0.39 is 0 Å². The van der Waals surface area contributed by atoms with Crippen LogP contribution in [0.2, 0.25) is 0 Å². The number of nitrogens with zero attached hydrogens (tertiary/aromatic N) is 2. The molecule has 5 nitrogen and oxygen atoms in total. The maximum absolute atomic E-state index is 12.3. The van der Waals surface area contributed by atoms with Gasteiger partial charge in [-0.2, -0.15) is 0 Å². The van der Waals surface area contributed by atoms with E-state index in [2.05, 4.69) is 24.1 Å². The van der Waals surface area contributed by atoms with Gasteiger partial charge in [0.25, 0.3) is 11.8 Å². The Hall–Kier alpha value is -1.72. The first-order valence-electron chi connectivity index (χ1n) is 8.00. The number of fused-ring (bicyclic) bond motifs is 1. The fraction of sp³-hybridized carbons (Fsp3) is 0.529. The van der Waals surface area contributed by atoms with Crippen LogP contribution in [0.5, 0.6) is 0 Å². The molecular formula is C17H23N3O2. The minimum Gasteiger partial charge on any atom is -0.309 e. The maximum Gasteiger partial charge on any atom is 0.261 e. The summed E-state index contributed by atoms with van der Waals surface area (Å²) < 4.78 is 0. The molecule has 0 unspecified atom stereocenters. The molecule has 0 spiro atoms. The zero-order chi connectivity index (χ0) is 15.7. The monoisotopic (exact) mass is 301 g/mol. The quantitative estimate of drug-likeness (QED) is 0.853. The summed E-state index contributed by atoms with van der Waals surface area (Å²) in [7, 11) is 0. The number of hydrogen-bond donors (Lipinski definition) is 1. The largest absolute Gasteiger partial charge is 0.309 e. The molecule has 1 saturated heterocycles. The molecular weight excluding hydrogens is 278 g/mol. The molecule has 1 N–H and O–H groups in total. The van der Waals surface area contributed by atoms with Crippen LogP contribution < -0.4 is 5.32 Å². The third kappa shape index (κ3) is 2.91. The van der Waals surface area contributed by atoms with Crippen LogP contribution >= 0.6 is 0 Å². The Bertz CT molecular complexity index is 542. The van der Waals surface area contributed by atoms with E-state index in [0.717, 1.165) is 26.1 Å². The Labute approximate surface area is 131 Å². The molecule has 5 heteroatoms. The van der Waals surface area contributed by atoms with Crippen LogP contribution in [0.25, 0.3) is 0 Å². The van der Waals surface area contributed by atoms with Crippen molar-refractivity contribution in [2.75, 3.05) is 26.2 Å². The molecule has 3 rings (SSSR count). The minimum absolute atomic E-state index is 0.150. The van der Waals surface area contributed by atoms with E-state index in [9.17, 15) is 9.59 Å².